The molecule has 0 aromatic carbocycles. The Morgan fingerprint density at radius 1 is 1.33 bits per heavy atom. The van der Waals surface area contributed by atoms with Crippen LogP contribution in [0, 0.1) is 5.92 Å². The molecule has 1 aromatic rings. The summed E-state index contributed by atoms with van der Waals surface area (Å²) in [5.74, 6) is 1.19. The van der Waals surface area contributed by atoms with Gasteiger partial charge in [-0.25, -0.2) is 0 Å². The molecule has 0 amide bonds. The van der Waals surface area contributed by atoms with Crippen molar-refractivity contribution in [1.29, 1.82) is 0 Å². The summed E-state index contributed by atoms with van der Waals surface area (Å²) >= 11 is 1.96. The van der Waals surface area contributed by atoms with Gasteiger partial charge in [0.05, 0.1) is 6.54 Å². The van der Waals surface area contributed by atoms with E-state index in [1.54, 1.807) is 5.57 Å². The fourth-order valence-corrected chi connectivity index (χ4v) is 5.00. The summed E-state index contributed by atoms with van der Waals surface area (Å²) in [5.41, 5.74) is 4.43. The zero-order valence-electron chi connectivity index (χ0n) is 14.5. The molecule has 1 fully saturated rings. The van der Waals surface area contributed by atoms with Gasteiger partial charge in [-0.3, -0.25) is 9.98 Å². The Morgan fingerprint density at radius 3 is 3.08 bits per heavy atom. The Kier molecular flexibility index (Phi) is 4.49. The van der Waals surface area contributed by atoms with Gasteiger partial charge < -0.3 is 4.90 Å². The van der Waals surface area contributed by atoms with Gasteiger partial charge in [-0.2, -0.15) is 0 Å². The largest absolute Gasteiger partial charge is 0.347 e. The molecule has 3 aliphatic rings. The molecule has 1 aromatic heterocycles. The number of likely N-dealkylation sites (tertiary alicyclic amines) is 1. The average Bonchev–Trinajstić information content (AvgIpc) is 3.11. The van der Waals surface area contributed by atoms with Crippen molar-refractivity contribution in [2.45, 2.75) is 37.9 Å². The molecule has 4 rings (SSSR count). The quantitative estimate of drug-likeness (QED) is 0.806. The summed E-state index contributed by atoms with van der Waals surface area (Å²) in [7, 11) is 0. The van der Waals surface area contributed by atoms with Gasteiger partial charge in [0.1, 0.15) is 0 Å². The molecule has 3 atom stereocenters. The highest BCUT2D eigenvalue weighted by molar-refractivity contribution is 8.14. The van der Waals surface area contributed by atoms with Crippen LogP contribution in [0.3, 0.4) is 0 Å². The third kappa shape index (κ3) is 3.16. The standard InChI is InChI=1S/C20H25N3S/c1-14-5-6-18-13-23(9-7-16(18)10-14)20-22-12-19(24-20)15(2)17-4-3-8-21-11-17/h3-4,6,8,10-11,14-15,19H,5,7,9,12-13H2,1-2H3. The van der Waals surface area contributed by atoms with Gasteiger partial charge in [-0.1, -0.05) is 43.8 Å². The number of aromatic nitrogens is 1. The minimum atomic E-state index is 0.486. The summed E-state index contributed by atoms with van der Waals surface area (Å²) in [6.45, 7) is 7.68. The number of piperidine rings is 1. The molecule has 0 spiro atoms. The van der Waals surface area contributed by atoms with Crippen molar-refractivity contribution in [1.82, 2.24) is 9.88 Å². The smallest absolute Gasteiger partial charge is 0.159 e. The Balaban J connectivity index is 1.40. The molecule has 0 saturated carbocycles. The van der Waals surface area contributed by atoms with Crippen molar-refractivity contribution >= 4 is 16.9 Å². The summed E-state index contributed by atoms with van der Waals surface area (Å²) in [5, 5.41) is 1.77. The minimum Gasteiger partial charge on any atom is -0.347 e. The topological polar surface area (TPSA) is 28.5 Å². The summed E-state index contributed by atoms with van der Waals surface area (Å²) in [6.07, 6.45) is 11.1. The van der Waals surface area contributed by atoms with E-state index in [9.17, 15) is 0 Å². The molecule has 24 heavy (non-hydrogen) atoms. The minimum absolute atomic E-state index is 0.486. The number of hydrogen-bond donors (Lipinski definition) is 0. The highest BCUT2D eigenvalue weighted by Crippen LogP contribution is 2.37. The number of fused-ring (bicyclic) bond motifs is 1. The van der Waals surface area contributed by atoms with Gasteiger partial charge in [-0.05, 0) is 47.5 Å². The van der Waals surface area contributed by atoms with Gasteiger partial charge in [-0.15, -0.1) is 0 Å². The first kappa shape index (κ1) is 15.9. The van der Waals surface area contributed by atoms with Crippen molar-refractivity contribution in [2.75, 3.05) is 19.6 Å². The lowest BCUT2D eigenvalue weighted by Gasteiger charge is -2.34. The monoisotopic (exact) mass is 339 g/mol. The van der Waals surface area contributed by atoms with Gasteiger partial charge in [0.25, 0.3) is 0 Å². The number of pyridine rings is 1. The molecule has 4 heteroatoms. The SMILES string of the molecule is CC1C=C2CCN(C3=NCC(C(C)c4cccnc4)S3)CC2=CC1. The Bertz CT molecular complexity index is 692. The molecule has 3 unspecified atom stereocenters. The highest BCUT2D eigenvalue weighted by atomic mass is 32.2. The molecule has 2 aliphatic heterocycles. The molecular weight excluding hydrogens is 314 g/mol. The molecule has 0 radical (unpaired) electrons. The number of nitrogens with zero attached hydrogens (tertiary/aromatic N) is 3. The van der Waals surface area contributed by atoms with Crippen molar-refractivity contribution in [2.24, 2.45) is 10.9 Å². The van der Waals surface area contributed by atoms with Crippen LogP contribution in [0.15, 0.2) is 52.8 Å². The Hall–Kier alpha value is -1.55. The maximum atomic E-state index is 4.88. The first-order valence-corrected chi connectivity index (χ1v) is 9.85. The average molecular weight is 340 g/mol. The van der Waals surface area contributed by atoms with Crippen LogP contribution in [0.2, 0.25) is 0 Å². The van der Waals surface area contributed by atoms with Crippen LogP contribution >= 0.6 is 11.8 Å². The molecule has 1 saturated heterocycles. The number of rotatable bonds is 2. The van der Waals surface area contributed by atoms with E-state index < -0.39 is 0 Å². The molecule has 3 nitrogen and oxygen atoms in total. The number of allylic oxidation sites excluding steroid dienone is 2. The third-order valence-electron chi connectivity index (χ3n) is 5.35. The normalized spacial score (nSPS) is 27.9. The Morgan fingerprint density at radius 2 is 2.25 bits per heavy atom. The van der Waals surface area contributed by atoms with E-state index in [4.69, 9.17) is 4.99 Å². The van der Waals surface area contributed by atoms with E-state index in [0.717, 1.165) is 19.6 Å². The summed E-state index contributed by atoms with van der Waals surface area (Å²) in [6, 6.07) is 4.21. The second-order valence-corrected chi connectivity index (χ2v) is 8.37. The highest BCUT2D eigenvalue weighted by Gasteiger charge is 2.31. The lowest BCUT2D eigenvalue weighted by atomic mass is 9.87. The molecule has 3 heterocycles. The van der Waals surface area contributed by atoms with Crippen molar-refractivity contribution in [3.05, 3.63) is 53.4 Å². The number of thioether (sulfide) groups is 1. The van der Waals surface area contributed by atoms with Crippen LogP contribution in [0.5, 0.6) is 0 Å². The van der Waals surface area contributed by atoms with E-state index in [0.29, 0.717) is 17.1 Å². The van der Waals surface area contributed by atoms with Crippen LogP contribution in [0.25, 0.3) is 0 Å². The van der Waals surface area contributed by atoms with Crippen LogP contribution < -0.4 is 0 Å². The fraction of sp³-hybridized carbons (Fsp3) is 0.500. The van der Waals surface area contributed by atoms with Crippen molar-refractivity contribution in [3.63, 3.8) is 0 Å². The summed E-state index contributed by atoms with van der Waals surface area (Å²) in [4.78, 5) is 11.6. The van der Waals surface area contributed by atoms with E-state index in [2.05, 4.69) is 41.9 Å². The van der Waals surface area contributed by atoms with Crippen LogP contribution in [0.4, 0.5) is 0 Å². The van der Waals surface area contributed by atoms with E-state index in [1.165, 1.54) is 29.1 Å². The first-order valence-electron chi connectivity index (χ1n) is 8.97. The lowest BCUT2D eigenvalue weighted by Crippen LogP contribution is -2.36. The maximum Gasteiger partial charge on any atom is 0.159 e. The second kappa shape index (κ2) is 6.75. The van der Waals surface area contributed by atoms with Gasteiger partial charge in [0.2, 0.25) is 0 Å². The van der Waals surface area contributed by atoms with Gasteiger partial charge in [0.15, 0.2) is 5.17 Å². The zero-order valence-corrected chi connectivity index (χ0v) is 15.3. The van der Waals surface area contributed by atoms with Gasteiger partial charge in [0, 0.05) is 30.7 Å². The molecule has 0 N–H and O–H groups in total. The molecule has 0 bridgehead atoms. The van der Waals surface area contributed by atoms with E-state index in [1.807, 2.05) is 30.2 Å². The van der Waals surface area contributed by atoms with Crippen molar-refractivity contribution in [3.8, 4) is 0 Å². The predicted molar refractivity (Wildman–Crippen MR) is 102 cm³/mol. The predicted octanol–water partition coefficient (Wildman–Crippen LogP) is 4.25. The third-order valence-corrected chi connectivity index (χ3v) is 6.81. The van der Waals surface area contributed by atoms with Gasteiger partial charge >= 0.3 is 0 Å². The number of amidine groups is 1. The summed E-state index contributed by atoms with van der Waals surface area (Å²) < 4.78 is 0. The lowest BCUT2D eigenvalue weighted by molar-refractivity contribution is 0.433. The number of aliphatic imine (C=N–C) groups is 1. The zero-order chi connectivity index (χ0) is 16.5. The molecular formula is C20H25N3S. The van der Waals surface area contributed by atoms with E-state index in [-0.39, 0.29) is 0 Å². The number of hydrogen-bond acceptors (Lipinski definition) is 4. The fourth-order valence-electron chi connectivity index (χ4n) is 3.76. The van der Waals surface area contributed by atoms with Crippen LogP contribution in [-0.4, -0.2) is 39.9 Å². The van der Waals surface area contributed by atoms with Crippen LogP contribution in [0.1, 0.15) is 38.2 Å². The maximum absolute atomic E-state index is 4.88. The molecule has 126 valence electrons. The Labute approximate surface area is 149 Å². The van der Waals surface area contributed by atoms with Crippen LogP contribution in [-0.2, 0) is 0 Å². The van der Waals surface area contributed by atoms with Crippen molar-refractivity contribution < 1.29 is 0 Å². The molecule has 1 aliphatic carbocycles. The van der Waals surface area contributed by atoms with E-state index >= 15 is 0 Å². The first-order chi connectivity index (χ1) is 11.7. The second-order valence-electron chi connectivity index (χ2n) is 7.16.